The summed E-state index contributed by atoms with van der Waals surface area (Å²) in [6, 6.07) is 13.5. The highest BCUT2D eigenvalue weighted by molar-refractivity contribution is 6.30. The molecule has 7 nitrogen and oxygen atoms in total. The monoisotopic (exact) mass is 512 g/mol. The van der Waals surface area contributed by atoms with Crippen LogP contribution in [0, 0.1) is 0 Å². The first-order chi connectivity index (χ1) is 16.5. The molecule has 6 rings (SSSR count). The Labute approximate surface area is 214 Å². The molecule has 2 aromatic carbocycles. The number of rotatable bonds is 4. The highest BCUT2D eigenvalue weighted by Crippen LogP contribution is 2.51. The lowest BCUT2D eigenvalue weighted by molar-refractivity contribution is 0.0517. The van der Waals surface area contributed by atoms with Gasteiger partial charge in [0.15, 0.2) is 5.69 Å². The Morgan fingerprint density at radius 2 is 2.03 bits per heavy atom. The zero-order chi connectivity index (χ0) is 23.4. The van der Waals surface area contributed by atoms with Gasteiger partial charge >= 0.3 is 5.97 Å². The fourth-order valence-corrected chi connectivity index (χ4v) is 5.49. The van der Waals surface area contributed by atoms with Crippen molar-refractivity contribution in [1.82, 2.24) is 15.1 Å². The van der Waals surface area contributed by atoms with Gasteiger partial charge in [0.1, 0.15) is 5.69 Å². The van der Waals surface area contributed by atoms with E-state index in [9.17, 15) is 9.59 Å². The Morgan fingerprint density at radius 3 is 2.77 bits per heavy atom. The lowest BCUT2D eigenvalue weighted by Crippen LogP contribution is -2.39. The van der Waals surface area contributed by atoms with Crippen molar-refractivity contribution in [1.29, 1.82) is 0 Å². The van der Waals surface area contributed by atoms with Gasteiger partial charge in [0.05, 0.1) is 12.3 Å². The quantitative estimate of drug-likeness (QED) is 0.522. The van der Waals surface area contributed by atoms with Gasteiger partial charge in [-0.3, -0.25) is 4.79 Å². The third kappa shape index (κ3) is 3.92. The molecule has 2 aliphatic heterocycles. The number of fused-ring (bicyclic) bond motifs is 3. The standard InChI is InChI=1S/C26H25ClN4O3.ClH/c1-2-34-25(33)22-20-8-11-30(18-6-7-21-16(12-18)14-28-15-26(21)9-10-26)24(32)23(20)31(29-22)19-5-3-4-17(27)13-19;/h3-7,12-13,28H,2,8-11,14-15H2,1H3;1H. The molecule has 3 heterocycles. The van der Waals surface area contributed by atoms with Crippen LogP contribution in [0.4, 0.5) is 5.69 Å². The van der Waals surface area contributed by atoms with Gasteiger partial charge < -0.3 is 15.0 Å². The molecule has 1 amide bonds. The van der Waals surface area contributed by atoms with Crippen LogP contribution >= 0.6 is 24.0 Å². The van der Waals surface area contributed by atoms with Crippen molar-refractivity contribution >= 4 is 41.6 Å². The summed E-state index contributed by atoms with van der Waals surface area (Å²) in [6.07, 6.45) is 2.94. The number of hydrogen-bond donors (Lipinski definition) is 1. The van der Waals surface area contributed by atoms with E-state index in [-0.39, 0.29) is 36.0 Å². The summed E-state index contributed by atoms with van der Waals surface area (Å²) in [5.41, 5.74) is 5.64. The summed E-state index contributed by atoms with van der Waals surface area (Å²) < 4.78 is 6.76. The van der Waals surface area contributed by atoms with E-state index in [0.29, 0.717) is 34.9 Å². The molecule has 1 aliphatic carbocycles. The number of nitrogens with one attached hydrogen (secondary N) is 1. The second-order valence-electron chi connectivity index (χ2n) is 9.22. The van der Waals surface area contributed by atoms with E-state index in [1.54, 1.807) is 30.0 Å². The number of halogens is 2. The molecular formula is C26H26Cl2N4O3. The molecule has 0 radical (unpaired) electrons. The van der Waals surface area contributed by atoms with Gasteiger partial charge in [0.2, 0.25) is 0 Å². The third-order valence-electron chi connectivity index (χ3n) is 7.14. The molecule has 1 N–H and O–H groups in total. The molecule has 0 unspecified atom stereocenters. The molecule has 0 bridgehead atoms. The Hall–Kier alpha value is -2.87. The summed E-state index contributed by atoms with van der Waals surface area (Å²) >= 11 is 6.22. The third-order valence-corrected chi connectivity index (χ3v) is 7.38. The summed E-state index contributed by atoms with van der Waals surface area (Å²) in [5.74, 6) is -0.704. The Morgan fingerprint density at radius 1 is 1.20 bits per heavy atom. The minimum Gasteiger partial charge on any atom is -0.461 e. The van der Waals surface area contributed by atoms with Gasteiger partial charge in [-0.2, -0.15) is 5.10 Å². The normalized spacial score (nSPS) is 17.4. The summed E-state index contributed by atoms with van der Waals surface area (Å²) in [4.78, 5) is 28.3. The fourth-order valence-electron chi connectivity index (χ4n) is 5.30. The molecule has 3 aromatic rings. The lowest BCUT2D eigenvalue weighted by atomic mass is 9.87. The highest BCUT2D eigenvalue weighted by Gasteiger charge is 2.47. The summed E-state index contributed by atoms with van der Waals surface area (Å²) in [6.45, 7) is 4.30. The number of anilines is 1. The molecule has 0 saturated heterocycles. The minimum atomic E-state index is -0.518. The van der Waals surface area contributed by atoms with E-state index in [1.165, 1.54) is 28.7 Å². The molecule has 3 aliphatic rings. The van der Waals surface area contributed by atoms with Gasteiger partial charge in [-0.15, -0.1) is 12.4 Å². The maximum atomic E-state index is 13.9. The molecule has 1 aromatic heterocycles. The topological polar surface area (TPSA) is 76.5 Å². The predicted octanol–water partition coefficient (Wildman–Crippen LogP) is 4.46. The van der Waals surface area contributed by atoms with Crippen molar-refractivity contribution in [3.8, 4) is 5.69 Å². The summed E-state index contributed by atoms with van der Waals surface area (Å²) in [7, 11) is 0. The zero-order valence-electron chi connectivity index (χ0n) is 19.3. The average molecular weight is 513 g/mol. The number of carbonyl (C=O) groups is 2. The van der Waals surface area contributed by atoms with E-state index in [1.807, 2.05) is 6.07 Å². The van der Waals surface area contributed by atoms with Crippen LogP contribution in [0.5, 0.6) is 0 Å². The van der Waals surface area contributed by atoms with E-state index in [0.717, 1.165) is 18.8 Å². The molecule has 1 fully saturated rings. The van der Waals surface area contributed by atoms with E-state index in [4.69, 9.17) is 16.3 Å². The molecule has 182 valence electrons. The van der Waals surface area contributed by atoms with Gasteiger partial charge in [0.25, 0.3) is 5.91 Å². The number of benzene rings is 2. The second kappa shape index (κ2) is 8.97. The van der Waals surface area contributed by atoms with E-state index in [2.05, 4.69) is 28.6 Å². The highest BCUT2D eigenvalue weighted by atomic mass is 35.5. The van der Waals surface area contributed by atoms with Crippen LogP contribution in [-0.4, -0.2) is 41.4 Å². The van der Waals surface area contributed by atoms with Crippen LogP contribution in [0.2, 0.25) is 5.02 Å². The second-order valence-corrected chi connectivity index (χ2v) is 9.66. The fraction of sp³-hybridized carbons (Fsp3) is 0.346. The molecule has 35 heavy (non-hydrogen) atoms. The van der Waals surface area contributed by atoms with Crippen LogP contribution < -0.4 is 10.2 Å². The SMILES string of the molecule is CCOC(=O)c1nn(-c2cccc(Cl)c2)c2c1CCN(c1ccc3c(c1)CNCC31CC1)C2=O.Cl. The van der Waals surface area contributed by atoms with Crippen molar-refractivity contribution < 1.29 is 14.3 Å². The van der Waals surface area contributed by atoms with Gasteiger partial charge in [0, 0.05) is 41.3 Å². The maximum Gasteiger partial charge on any atom is 0.359 e. The van der Waals surface area contributed by atoms with Crippen LogP contribution in [0.1, 0.15) is 57.4 Å². The molecule has 0 atom stereocenters. The van der Waals surface area contributed by atoms with Crippen molar-refractivity contribution in [2.75, 3.05) is 24.6 Å². The molecule has 1 saturated carbocycles. The number of carbonyl (C=O) groups excluding carboxylic acids is 2. The van der Waals surface area contributed by atoms with Crippen LogP contribution in [0.3, 0.4) is 0 Å². The minimum absolute atomic E-state index is 0. The largest absolute Gasteiger partial charge is 0.461 e. The first-order valence-corrected chi connectivity index (χ1v) is 12.1. The Kier molecular flexibility index (Phi) is 6.11. The number of hydrogen-bond acceptors (Lipinski definition) is 5. The lowest BCUT2D eigenvalue weighted by Gasteiger charge is -2.31. The van der Waals surface area contributed by atoms with E-state index < -0.39 is 5.97 Å². The van der Waals surface area contributed by atoms with Gasteiger partial charge in [-0.1, -0.05) is 23.7 Å². The Bertz CT molecular complexity index is 1330. The van der Waals surface area contributed by atoms with Crippen molar-refractivity contribution in [3.63, 3.8) is 0 Å². The predicted molar refractivity (Wildman–Crippen MR) is 136 cm³/mol. The molecular weight excluding hydrogens is 487 g/mol. The van der Waals surface area contributed by atoms with Crippen LogP contribution in [-0.2, 0) is 23.1 Å². The summed E-state index contributed by atoms with van der Waals surface area (Å²) in [5, 5.41) is 8.58. The van der Waals surface area contributed by atoms with Gasteiger partial charge in [-0.05, 0) is 67.6 Å². The van der Waals surface area contributed by atoms with Crippen LogP contribution in [0.15, 0.2) is 42.5 Å². The number of ether oxygens (including phenoxy) is 1. The van der Waals surface area contributed by atoms with Crippen molar-refractivity contribution in [2.24, 2.45) is 0 Å². The van der Waals surface area contributed by atoms with Crippen molar-refractivity contribution in [2.45, 2.75) is 38.1 Å². The number of aromatic nitrogens is 2. The maximum absolute atomic E-state index is 13.9. The Balaban J connectivity index is 0.00000253. The van der Waals surface area contributed by atoms with E-state index >= 15 is 0 Å². The van der Waals surface area contributed by atoms with Crippen LogP contribution in [0.25, 0.3) is 5.69 Å². The van der Waals surface area contributed by atoms with Crippen molar-refractivity contribution in [3.05, 3.63) is 75.6 Å². The number of amides is 1. The molecule has 9 heteroatoms. The first-order valence-electron chi connectivity index (χ1n) is 11.7. The first kappa shape index (κ1) is 23.9. The number of esters is 1. The zero-order valence-corrected chi connectivity index (χ0v) is 20.9. The van der Waals surface area contributed by atoms with Gasteiger partial charge in [-0.25, -0.2) is 9.48 Å². The smallest absolute Gasteiger partial charge is 0.359 e. The number of nitrogens with zero attached hydrogens (tertiary/aromatic N) is 3. The molecule has 1 spiro atoms. The average Bonchev–Trinajstić information content (AvgIpc) is 3.48.